The molecule has 0 fully saturated rings. The van der Waals surface area contributed by atoms with Gasteiger partial charge >= 0.3 is 12.3 Å². The number of hydrogen-bond donors (Lipinski definition) is 1. The molecule has 32 heavy (non-hydrogen) atoms. The third-order valence-corrected chi connectivity index (χ3v) is 4.87. The van der Waals surface area contributed by atoms with E-state index in [2.05, 4.69) is 4.74 Å². The summed E-state index contributed by atoms with van der Waals surface area (Å²) >= 11 is 0. The van der Waals surface area contributed by atoms with Gasteiger partial charge in [0.1, 0.15) is 5.82 Å². The normalized spacial score (nSPS) is 15.9. The largest absolute Gasteiger partial charge is 0.453 e. The van der Waals surface area contributed by atoms with Crippen LogP contribution >= 0.6 is 0 Å². The number of imide groups is 2. The van der Waals surface area contributed by atoms with Crippen molar-refractivity contribution in [2.45, 2.75) is 25.1 Å². The SMILES string of the molecule is COC(=O)NC(=O)CC1C(=O)N(Cc2ccc(C(F)(F)F)cc2)C(=O)c2ccc(F)cc21. The fourth-order valence-corrected chi connectivity index (χ4v) is 3.31. The first kappa shape index (κ1) is 22.9. The van der Waals surface area contributed by atoms with Crippen molar-refractivity contribution >= 4 is 23.8 Å². The van der Waals surface area contributed by atoms with Crippen LogP contribution in [0.1, 0.15) is 39.4 Å². The highest BCUT2D eigenvalue weighted by atomic mass is 19.4. The Morgan fingerprint density at radius 2 is 1.75 bits per heavy atom. The summed E-state index contributed by atoms with van der Waals surface area (Å²) in [7, 11) is 1.03. The molecule has 11 heteroatoms. The van der Waals surface area contributed by atoms with Crippen LogP contribution in [0.25, 0.3) is 0 Å². The first-order valence-corrected chi connectivity index (χ1v) is 9.20. The van der Waals surface area contributed by atoms with E-state index in [1.807, 2.05) is 5.32 Å². The highest BCUT2D eigenvalue weighted by molar-refractivity contribution is 6.12. The van der Waals surface area contributed by atoms with Crippen molar-refractivity contribution in [1.29, 1.82) is 0 Å². The average Bonchev–Trinajstić information content (AvgIpc) is 2.73. The minimum Gasteiger partial charge on any atom is -0.453 e. The predicted molar refractivity (Wildman–Crippen MR) is 101 cm³/mol. The maximum Gasteiger partial charge on any atom is 0.416 e. The summed E-state index contributed by atoms with van der Waals surface area (Å²) in [4.78, 5) is 50.1. The number of rotatable bonds is 4. The van der Waals surface area contributed by atoms with Crippen molar-refractivity contribution in [3.05, 3.63) is 70.5 Å². The van der Waals surface area contributed by atoms with E-state index in [0.717, 1.165) is 54.5 Å². The second-order valence-corrected chi connectivity index (χ2v) is 6.95. The van der Waals surface area contributed by atoms with Crippen molar-refractivity contribution in [3.8, 4) is 0 Å². The molecule has 1 atom stereocenters. The Labute approximate surface area is 178 Å². The monoisotopic (exact) mass is 452 g/mol. The van der Waals surface area contributed by atoms with Crippen molar-refractivity contribution < 1.29 is 41.5 Å². The molecule has 2 aromatic rings. The van der Waals surface area contributed by atoms with Gasteiger partial charge in [0.05, 0.1) is 25.1 Å². The number of halogens is 4. The van der Waals surface area contributed by atoms with Crippen LogP contribution in [0.4, 0.5) is 22.4 Å². The smallest absolute Gasteiger partial charge is 0.416 e. The number of alkyl halides is 3. The molecule has 0 aromatic heterocycles. The minimum atomic E-state index is -4.55. The first-order valence-electron chi connectivity index (χ1n) is 9.20. The van der Waals surface area contributed by atoms with Crippen LogP contribution in [0, 0.1) is 5.82 Å². The summed E-state index contributed by atoms with van der Waals surface area (Å²) in [6, 6.07) is 7.01. The Kier molecular flexibility index (Phi) is 6.28. The molecular weight excluding hydrogens is 436 g/mol. The van der Waals surface area contributed by atoms with E-state index in [0.29, 0.717) is 0 Å². The van der Waals surface area contributed by atoms with Crippen molar-refractivity contribution in [2.24, 2.45) is 0 Å². The van der Waals surface area contributed by atoms with Crippen LogP contribution in [0.2, 0.25) is 0 Å². The van der Waals surface area contributed by atoms with Crippen LogP contribution in [0.15, 0.2) is 42.5 Å². The van der Waals surface area contributed by atoms with Gasteiger partial charge in [-0.2, -0.15) is 13.2 Å². The van der Waals surface area contributed by atoms with Gasteiger partial charge in [0.2, 0.25) is 11.8 Å². The average molecular weight is 452 g/mol. The topological polar surface area (TPSA) is 92.8 Å². The Balaban J connectivity index is 1.92. The van der Waals surface area contributed by atoms with Gasteiger partial charge in [-0.15, -0.1) is 0 Å². The van der Waals surface area contributed by atoms with Crippen LogP contribution in [0.3, 0.4) is 0 Å². The molecule has 0 saturated heterocycles. The van der Waals surface area contributed by atoms with Crippen LogP contribution < -0.4 is 5.32 Å². The number of benzene rings is 2. The van der Waals surface area contributed by atoms with Crippen molar-refractivity contribution in [3.63, 3.8) is 0 Å². The summed E-state index contributed by atoms with van der Waals surface area (Å²) in [6.07, 6.45) is -6.19. The second-order valence-electron chi connectivity index (χ2n) is 6.95. The number of amides is 4. The molecule has 0 aliphatic carbocycles. The first-order chi connectivity index (χ1) is 15.0. The van der Waals surface area contributed by atoms with Gasteiger partial charge in [0, 0.05) is 12.0 Å². The van der Waals surface area contributed by atoms with E-state index in [9.17, 15) is 36.7 Å². The fraction of sp³-hybridized carbons (Fsp3) is 0.238. The summed E-state index contributed by atoms with van der Waals surface area (Å²) in [6.45, 7) is -0.359. The number of nitrogens with one attached hydrogen (secondary N) is 1. The number of methoxy groups -OCH3 is 1. The van der Waals surface area contributed by atoms with Crippen LogP contribution in [0.5, 0.6) is 0 Å². The Hall–Kier alpha value is -3.76. The maximum atomic E-state index is 13.8. The standard InChI is InChI=1S/C21H16F4N2O5/c1-32-20(31)26-17(28)9-16-15-8-13(22)6-7-14(15)18(29)27(19(16)30)10-11-2-4-12(5-3-11)21(23,24)25/h2-8,16H,9-10H2,1H3,(H,26,28,31). The molecule has 0 saturated carbocycles. The summed E-state index contributed by atoms with van der Waals surface area (Å²) in [5.74, 6) is -4.56. The van der Waals surface area contributed by atoms with E-state index in [-0.39, 0.29) is 23.2 Å². The highest BCUT2D eigenvalue weighted by Gasteiger charge is 2.40. The van der Waals surface area contributed by atoms with Gasteiger partial charge in [-0.3, -0.25) is 24.6 Å². The van der Waals surface area contributed by atoms with E-state index in [4.69, 9.17) is 0 Å². The van der Waals surface area contributed by atoms with E-state index >= 15 is 0 Å². The molecule has 0 radical (unpaired) electrons. The predicted octanol–water partition coefficient (Wildman–Crippen LogP) is 3.38. The zero-order chi connectivity index (χ0) is 23.6. The Morgan fingerprint density at radius 3 is 2.34 bits per heavy atom. The molecule has 1 aliphatic rings. The Morgan fingerprint density at radius 1 is 1.09 bits per heavy atom. The zero-order valence-corrected chi connectivity index (χ0v) is 16.5. The third kappa shape index (κ3) is 4.76. The molecule has 1 N–H and O–H groups in total. The number of ether oxygens (including phenoxy) is 1. The number of fused-ring (bicyclic) bond motifs is 1. The van der Waals surface area contributed by atoms with Crippen LogP contribution in [-0.4, -0.2) is 35.8 Å². The summed E-state index contributed by atoms with van der Waals surface area (Å²) in [5.41, 5.74) is -0.712. The second kappa shape index (κ2) is 8.77. The lowest BCUT2D eigenvalue weighted by Gasteiger charge is -2.32. The fourth-order valence-electron chi connectivity index (χ4n) is 3.31. The van der Waals surface area contributed by atoms with Gasteiger partial charge in [0.25, 0.3) is 5.91 Å². The molecular formula is C21H16F4N2O5. The lowest BCUT2D eigenvalue weighted by Crippen LogP contribution is -2.45. The number of hydrogen-bond acceptors (Lipinski definition) is 5. The quantitative estimate of drug-likeness (QED) is 0.567. The number of nitrogens with zero attached hydrogens (tertiary/aromatic N) is 1. The van der Waals surface area contributed by atoms with Gasteiger partial charge in [-0.05, 0) is 41.5 Å². The van der Waals surface area contributed by atoms with Crippen LogP contribution in [-0.2, 0) is 27.0 Å². The molecule has 2 aromatic carbocycles. The van der Waals surface area contributed by atoms with E-state index in [1.165, 1.54) is 0 Å². The lowest BCUT2D eigenvalue weighted by molar-refractivity contribution is -0.137. The number of carbonyl (C=O) groups is 4. The molecule has 3 rings (SSSR count). The number of carbonyl (C=O) groups excluding carboxylic acids is 4. The van der Waals surface area contributed by atoms with Gasteiger partial charge in [0.15, 0.2) is 0 Å². The van der Waals surface area contributed by atoms with E-state index < -0.39 is 53.7 Å². The van der Waals surface area contributed by atoms with Gasteiger partial charge in [-0.25, -0.2) is 9.18 Å². The molecule has 1 heterocycles. The lowest BCUT2D eigenvalue weighted by atomic mass is 9.85. The molecule has 4 amide bonds. The molecule has 7 nitrogen and oxygen atoms in total. The van der Waals surface area contributed by atoms with Gasteiger partial charge < -0.3 is 4.74 Å². The maximum absolute atomic E-state index is 13.8. The van der Waals surface area contributed by atoms with Crippen molar-refractivity contribution in [1.82, 2.24) is 10.2 Å². The molecule has 168 valence electrons. The van der Waals surface area contributed by atoms with Gasteiger partial charge in [-0.1, -0.05) is 12.1 Å². The molecule has 0 spiro atoms. The zero-order valence-electron chi connectivity index (χ0n) is 16.5. The third-order valence-electron chi connectivity index (χ3n) is 4.87. The number of alkyl carbamates (subject to hydrolysis) is 1. The molecule has 1 unspecified atom stereocenters. The molecule has 1 aliphatic heterocycles. The molecule has 0 bridgehead atoms. The summed E-state index contributed by atoms with van der Waals surface area (Å²) < 4.78 is 56.4. The Bertz CT molecular complexity index is 1080. The summed E-state index contributed by atoms with van der Waals surface area (Å²) in [5, 5.41) is 1.88. The van der Waals surface area contributed by atoms with Crippen molar-refractivity contribution in [2.75, 3.05) is 7.11 Å². The van der Waals surface area contributed by atoms with E-state index in [1.54, 1.807) is 0 Å². The minimum absolute atomic E-state index is 0.0244. The highest BCUT2D eigenvalue weighted by Crippen LogP contribution is 2.34.